The van der Waals surface area contributed by atoms with Crippen LogP contribution in [0.3, 0.4) is 0 Å². The van der Waals surface area contributed by atoms with Gasteiger partial charge >= 0.3 is 0 Å². The van der Waals surface area contributed by atoms with Gasteiger partial charge in [-0.15, -0.1) is 0 Å². The first-order valence-electron chi connectivity index (χ1n) is 14.5. The van der Waals surface area contributed by atoms with E-state index in [2.05, 4.69) is 55.1 Å². The van der Waals surface area contributed by atoms with E-state index in [9.17, 15) is 5.26 Å². The molecule has 41 heavy (non-hydrogen) atoms. The molecule has 2 unspecified atom stereocenters. The van der Waals surface area contributed by atoms with Crippen molar-refractivity contribution in [3.8, 4) is 22.9 Å². The van der Waals surface area contributed by atoms with Gasteiger partial charge in [-0.2, -0.15) is 10.4 Å². The molecule has 0 radical (unpaired) electrons. The van der Waals surface area contributed by atoms with Gasteiger partial charge in [0, 0.05) is 87.0 Å². The lowest BCUT2D eigenvalue weighted by Crippen LogP contribution is -2.69. The summed E-state index contributed by atoms with van der Waals surface area (Å²) in [6, 6.07) is 15.6. The van der Waals surface area contributed by atoms with E-state index in [4.69, 9.17) is 14.5 Å². The third-order valence-electron chi connectivity index (χ3n) is 8.49. The van der Waals surface area contributed by atoms with E-state index >= 15 is 0 Å². The van der Waals surface area contributed by atoms with Crippen LogP contribution in [0.2, 0.25) is 0 Å². The highest BCUT2D eigenvalue weighted by atomic mass is 16.5. The van der Waals surface area contributed by atoms with Crippen molar-refractivity contribution in [2.24, 2.45) is 0 Å². The molecule has 0 N–H and O–H groups in total. The number of piperazine rings is 1. The molecule has 0 aliphatic carbocycles. The normalized spacial score (nSPS) is 21.0. The van der Waals surface area contributed by atoms with E-state index in [0.29, 0.717) is 24.3 Å². The second-order valence-electron chi connectivity index (χ2n) is 11.0. The Kier molecular flexibility index (Phi) is 7.23. The highest BCUT2D eigenvalue weighted by Gasteiger charge is 2.45. The van der Waals surface area contributed by atoms with Crippen LogP contribution in [0.25, 0.3) is 16.6 Å². The number of ether oxygens (including phenoxy) is 2. The first kappa shape index (κ1) is 25.9. The molecule has 2 bridgehead atoms. The zero-order valence-corrected chi connectivity index (χ0v) is 23.1. The van der Waals surface area contributed by atoms with Crippen molar-refractivity contribution >= 4 is 11.3 Å². The topological polar surface area (TPSA) is 95.0 Å². The molecule has 210 valence electrons. The average molecular weight is 551 g/mol. The monoisotopic (exact) mass is 550 g/mol. The Labute approximate surface area is 239 Å². The first-order chi connectivity index (χ1) is 20.2. The molecule has 2 atom stereocenters. The first-order valence-corrected chi connectivity index (χ1v) is 14.5. The number of morpholine rings is 1. The summed E-state index contributed by atoms with van der Waals surface area (Å²) in [6.07, 6.45) is 9.45. The van der Waals surface area contributed by atoms with Crippen LogP contribution in [-0.4, -0.2) is 101 Å². The lowest BCUT2D eigenvalue weighted by Gasteiger charge is -2.57. The van der Waals surface area contributed by atoms with Crippen molar-refractivity contribution in [2.75, 3.05) is 64.0 Å². The predicted molar refractivity (Wildman–Crippen MR) is 155 cm³/mol. The molecule has 4 aliphatic heterocycles. The number of fused-ring (bicyclic) bond motifs is 3. The Balaban J connectivity index is 1.05. The molecule has 0 amide bonds. The van der Waals surface area contributed by atoms with Crippen LogP contribution in [0.4, 0.5) is 5.82 Å². The van der Waals surface area contributed by atoms with Crippen LogP contribution in [0.5, 0.6) is 5.75 Å². The molecule has 4 fully saturated rings. The fourth-order valence-corrected chi connectivity index (χ4v) is 6.37. The highest BCUT2D eigenvalue weighted by molar-refractivity contribution is 5.85. The summed E-state index contributed by atoms with van der Waals surface area (Å²) in [4.78, 5) is 16.8. The summed E-state index contributed by atoms with van der Waals surface area (Å²) in [5.74, 6) is 1.74. The number of hydrogen-bond donors (Lipinski definition) is 0. The van der Waals surface area contributed by atoms with Gasteiger partial charge < -0.3 is 14.4 Å². The number of anilines is 1. The van der Waals surface area contributed by atoms with E-state index < -0.39 is 0 Å². The van der Waals surface area contributed by atoms with Crippen molar-refractivity contribution in [3.63, 3.8) is 0 Å². The molecule has 10 nitrogen and oxygen atoms in total. The molecule has 8 heterocycles. The number of hydrogen-bond acceptors (Lipinski definition) is 9. The molecular weight excluding hydrogens is 516 g/mol. The minimum atomic E-state index is 0.491. The van der Waals surface area contributed by atoms with Crippen LogP contribution in [0, 0.1) is 11.3 Å². The van der Waals surface area contributed by atoms with Gasteiger partial charge in [0.15, 0.2) is 0 Å². The number of aromatic nitrogens is 4. The SMILES string of the molecule is N#Cc1cnn2cc(OCCN3CCOCC3)cc(-c3ccc(N4C5CC4CN(CCc4ccccn4)C5)nc3)c12. The molecule has 4 aromatic rings. The minimum absolute atomic E-state index is 0.491. The second-order valence-corrected chi connectivity index (χ2v) is 11.0. The zero-order valence-electron chi connectivity index (χ0n) is 23.1. The van der Waals surface area contributed by atoms with Gasteiger partial charge in [0.05, 0.1) is 36.7 Å². The van der Waals surface area contributed by atoms with Crippen LogP contribution < -0.4 is 9.64 Å². The van der Waals surface area contributed by atoms with Crippen LogP contribution >= 0.6 is 0 Å². The third kappa shape index (κ3) is 5.36. The Bertz CT molecular complexity index is 1520. The predicted octanol–water partition coefficient (Wildman–Crippen LogP) is 2.88. The van der Waals surface area contributed by atoms with E-state index in [1.54, 1.807) is 10.7 Å². The molecule has 10 heteroatoms. The van der Waals surface area contributed by atoms with Gasteiger partial charge in [0.25, 0.3) is 0 Å². The Morgan fingerprint density at radius 1 is 1.00 bits per heavy atom. The summed E-state index contributed by atoms with van der Waals surface area (Å²) in [7, 11) is 0. The van der Waals surface area contributed by atoms with Crippen molar-refractivity contribution in [3.05, 3.63) is 72.4 Å². The molecular formula is C31H34N8O2. The maximum atomic E-state index is 9.74. The van der Waals surface area contributed by atoms with Gasteiger partial charge in [-0.05, 0) is 36.8 Å². The largest absolute Gasteiger partial charge is 0.491 e. The van der Waals surface area contributed by atoms with Gasteiger partial charge in [0.2, 0.25) is 0 Å². The number of nitriles is 1. The molecule has 8 rings (SSSR count). The second kappa shape index (κ2) is 11.4. The number of piperidine rings is 1. The van der Waals surface area contributed by atoms with Crippen molar-refractivity contribution < 1.29 is 9.47 Å². The van der Waals surface area contributed by atoms with E-state index in [0.717, 1.165) is 92.8 Å². The number of pyridine rings is 3. The highest BCUT2D eigenvalue weighted by Crippen LogP contribution is 2.37. The summed E-state index contributed by atoms with van der Waals surface area (Å²) in [5.41, 5.74) is 4.29. The molecule has 0 aromatic carbocycles. The lowest BCUT2D eigenvalue weighted by atomic mass is 9.87. The molecule has 4 aliphatic rings. The van der Waals surface area contributed by atoms with Crippen LogP contribution in [0.1, 0.15) is 17.7 Å². The summed E-state index contributed by atoms with van der Waals surface area (Å²) >= 11 is 0. The molecule has 0 spiro atoms. The average Bonchev–Trinajstić information content (AvgIpc) is 3.44. The zero-order chi connectivity index (χ0) is 27.6. The fourth-order valence-electron chi connectivity index (χ4n) is 6.37. The molecule has 0 saturated carbocycles. The quantitative estimate of drug-likeness (QED) is 0.312. The standard InChI is InChI=1S/C31H34N8O2/c32-17-24-19-35-38-22-28(41-14-11-36-9-12-40-13-10-36)16-29(31(24)38)23-4-5-30(34-18-23)39-26-15-27(39)21-37(20-26)8-6-25-3-1-2-7-33-25/h1-5,7,16,18-19,22,26-27H,6,8-15,20-21H2. The van der Waals surface area contributed by atoms with E-state index in [1.165, 1.54) is 6.42 Å². The molecule has 4 saturated heterocycles. The van der Waals surface area contributed by atoms with Crippen LogP contribution in [0.15, 0.2) is 61.2 Å². The maximum absolute atomic E-state index is 9.74. The Morgan fingerprint density at radius 3 is 2.63 bits per heavy atom. The summed E-state index contributed by atoms with van der Waals surface area (Å²) in [5, 5.41) is 14.2. The van der Waals surface area contributed by atoms with Crippen LogP contribution in [-0.2, 0) is 11.2 Å². The smallest absolute Gasteiger partial charge is 0.138 e. The minimum Gasteiger partial charge on any atom is -0.491 e. The van der Waals surface area contributed by atoms with Crippen molar-refractivity contribution in [2.45, 2.75) is 24.9 Å². The number of nitrogens with zero attached hydrogens (tertiary/aromatic N) is 8. The van der Waals surface area contributed by atoms with Gasteiger partial charge in [-0.1, -0.05) is 6.07 Å². The third-order valence-corrected chi connectivity index (χ3v) is 8.49. The number of rotatable bonds is 9. The maximum Gasteiger partial charge on any atom is 0.138 e. The van der Waals surface area contributed by atoms with Gasteiger partial charge in [0.1, 0.15) is 24.2 Å². The fraction of sp³-hybridized carbons (Fsp3) is 0.419. The van der Waals surface area contributed by atoms with Gasteiger partial charge in [-0.3, -0.25) is 14.8 Å². The summed E-state index contributed by atoms with van der Waals surface area (Å²) in [6.45, 7) is 7.96. The molecule has 4 aromatic heterocycles. The van der Waals surface area contributed by atoms with E-state index in [1.807, 2.05) is 30.7 Å². The van der Waals surface area contributed by atoms with Crippen molar-refractivity contribution in [1.82, 2.24) is 29.4 Å². The van der Waals surface area contributed by atoms with Crippen molar-refractivity contribution in [1.29, 1.82) is 5.26 Å². The lowest BCUT2D eigenvalue weighted by molar-refractivity contribution is 0.0322. The summed E-state index contributed by atoms with van der Waals surface area (Å²) < 4.78 is 13.3. The Morgan fingerprint density at radius 2 is 1.88 bits per heavy atom. The van der Waals surface area contributed by atoms with E-state index in [-0.39, 0.29) is 0 Å². The Hall–Kier alpha value is -4.04. The van der Waals surface area contributed by atoms with Gasteiger partial charge in [-0.25, -0.2) is 9.50 Å².